The van der Waals surface area contributed by atoms with E-state index in [-0.39, 0.29) is 0 Å². The number of amides is 3. The average molecular weight is 445 g/mol. The lowest BCUT2D eigenvalue weighted by atomic mass is 10.1. The van der Waals surface area contributed by atoms with Gasteiger partial charge in [-0.05, 0) is 42.0 Å². The molecule has 1 atom stereocenters. The molecule has 0 aliphatic carbocycles. The number of hydrogen-bond acceptors (Lipinski definition) is 8. The number of fused-ring (bicyclic) bond motifs is 1. The highest BCUT2D eigenvalue weighted by Gasteiger charge is 2.42. The summed E-state index contributed by atoms with van der Waals surface area (Å²) in [5.41, 5.74) is 0.658. The Kier molecular flexibility index (Phi) is 5.74. The van der Waals surface area contributed by atoms with Crippen LogP contribution in [0.1, 0.15) is 27.1 Å². The molecule has 0 bridgehead atoms. The molecule has 1 N–H and O–H groups in total. The van der Waals surface area contributed by atoms with Crippen LogP contribution in [0.3, 0.4) is 0 Å². The van der Waals surface area contributed by atoms with E-state index < -0.39 is 23.8 Å². The van der Waals surface area contributed by atoms with Gasteiger partial charge in [-0.2, -0.15) is 11.8 Å². The Balaban J connectivity index is 1.56. The maximum Gasteiger partial charge on any atom is 0.262 e. The zero-order valence-corrected chi connectivity index (χ0v) is 17.8. The number of thiophene rings is 1. The number of benzene rings is 1. The number of anilines is 1. The van der Waals surface area contributed by atoms with Gasteiger partial charge < -0.3 is 0 Å². The molecule has 3 amide bonds. The third-order valence-corrected chi connectivity index (χ3v) is 6.94. The lowest BCUT2D eigenvalue weighted by molar-refractivity contribution is -0.120. The van der Waals surface area contributed by atoms with E-state index in [0.29, 0.717) is 33.4 Å². The molecular formula is C19H16N4O3S3. The summed E-state index contributed by atoms with van der Waals surface area (Å²) in [6.07, 6.45) is 2.27. The first-order valence-electron chi connectivity index (χ1n) is 8.74. The van der Waals surface area contributed by atoms with E-state index in [9.17, 15) is 14.4 Å². The predicted octanol–water partition coefficient (Wildman–Crippen LogP) is 3.62. The van der Waals surface area contributed by atoms with Crippen LogP contribution in [0.25, 0.3) is 9.88 Å². The van der Waals surface area contributed by atoms with Gasteiger partial charge in [0.1, 0.15) is 6.04 Å². The van der Waals surface area contributed by atoms with E-state index in [1.807, 2.05) is 23.8 Å². The van der Waals surface area contributed by atoms with Crippen molar-refractivity contribution >= 4 is 57.3 Å². The van der Waals surface area contributed by atoms with Crippen molar-refractivity contribution in [2.24, 2.45) is 0 Å². The Bertz CT molecular complexity index is 1030. The lowest BCUT2D eigenvalue weighted by Crippen LogP contribution is -2.47. The molecule has 3 aromatic rings. The van der Waals surface area contributed by atoms with Crippen molar-refractivity contribution in [1.29, 1.82) is 0 Å². The molecule has 0 radical (unpaired) electrons. The quantitative estimate of drug-likeness (QED) is 0.560. The van der Waals surface area contributed by atoms with Gasteiger partial charge in [-0.3, -0.25) is 24.6 Å². The molecule has 29 heavy (non-hydrogen) atoms. The molecule has 10 heteroatoms. The first kappa shape index (κ1) is 19.7. The van der Waals surface area contributed by atoms with Gasteiger partial charge in [0.2, 0.25) is 11.0 Å². The van der Waals surface area contributed by atoms with Crippen LogP contribution in [-0.2, 0) is 4.79 Å². The van der Waals surface area contributed by atoms with Crippen LogP contribution in [0, 0.1) is 0 Å². The molecule has 1 aliphatic heterocycles. The van der Waals surface area contributed by atoms with Crippen LogP contribution in [0.5, 0.6) is 0 Å². The van der Waals surface area contributed by atoms with Crippen molar-refractivity contribution < 1.29 is 14.4 Å². The molecule has 2 aromatic heterocycles. The fourth-order valence-corrected chi connectivity index (χ4v) is 5.06. The second-order valence-corrected chi connectivity index (χ2v) is 9.11. The van der Waals surface area contributed by atoms with E-state index in [2.05, 4.69) is 15.5 Å². The summed E-state index contributed by atoms with van der Waals surface area (Å²) in [7, 11) is 0. The Morgan fingerprint density at radius 3 is 2.48 bits per heavy atom. The third-order valence-electron chi connectivity index (χ3n) is 4.42. The number of thioether (sulfide) groups is 1. The van der Waals surface area contributed by atoms with Crippen molar-refractivity contribution in [3.63, 3.8) is 0 Å². The summed E-state index contributed by atoms with van der Waals surface area (Å²) in [4.78, 5) is 40.7. The zero-order chi connectivity index (χ0) is 20.4. The number of nitrogens with one attached hydrogen (secondary N) is 1. The lowest BCUT2D eigenvalue weighted by Gasteiger charge is -2.24. The smallest absolute Gasteiger partial charge is 0.262 e. The molecule has 4 rings (SSSR count). The number of nitrogens with zero attached hydrogens (tertiary/aromatic N) is 3. The maximum atomic E-state index is 13.0. The van der Waals surface area contributed by atoms with Gasteiger partial charge in [-0.15, -0.1) is 21.5 Å². The van der Waals surface area contributed by atoms with Crippen molar-refractivity contribution in [1.82, 2.24) is 15.1 Å². The number of aromatic nitrogens is 2. The number of carbonyl (C=O) groups excluding carboxylic acids is 3. The molecular weight excluding hydrogens is 428 g/mol. The Morgan fingerprint density at radius 2 is 1.86 bits per heavy atom. The highest BCUT2D eigenvalue weighted by atomic mass is 32.2. The van der Waals surface area contributed by atoms with Gasteiger partial charge in [0.15, 0.2) is 5.01 Å². The van der Waals surface area contributed by atoms with Crippen molar-refractivity contribution in [2.75, 3.05) is 17.3 Å². The average Bonchev–Trinajstić information content (AvgIpc) is 3.45. The molecule has 0 fully saturated rings. The molecule has 1 aliphatic rings. The first-order valence-corrected chi connectivity index (χ1v) is 11.8. The largest absolute Gasteiger partial charge is 0.299 e. The Hall–Kier alpha value is -2.56. The summed E-state index contributed by atoms with van der Waals surface area (Å²) < 4.78 is 0. The van der Waals surface area contributed by atoms with Gasteiger partial charge >= 0.3 is 0 Å². The normalized spacial score (nSPS) is 14.2. The van der Waals surface area contributed by atoms with Gasteiger partial charge in [0.25, 0.3) is 11.8 Å². The van der Waals surface area contributed by atoms with E-state index in [1.54, 1.807) is 36.0 Å². The second-order valence-electron chi connectivity index (χ2n) is 6.20. The highest BCUT2D eigenvalue weighted by Crippen LogP contribution is 2.31. The van der Waals surface area contributed by atoms with E-state index in [4.69, 9.17) is 0 Å². The molecule has 3 heterocycles. The molecule has 148 valence electrons. The van der Waals surface area contributed by atoms with E-state index >= 15 is 0 Å². The number of hydrogen-bond donors (Lipinski definition) is 1. The SMILES string of the molecule is CSCCC(C(=O)Nc1nnc(-c2cccs2)s1)N1C(=O)c2ccccc2C1=O. The van der Waals surface area contributed by atoms with Gasteiger partial charge in [-0.25, -0.2) is 0 Å². The Labute approximate surface area is 179 Å². The van der Waals surface area contributed by atoms with Crippen LogP contribution < -0.4 is 5.32 Å². The summed E-state index contributed by atoms with van der Waals surface area (Å²) in [6, 6.07) is 9.56. The first-order chi connectivity index (χ1) is 14.1. The second kappa shape index (κ2) is 8.44. The maximum absolute atomic E-state index is 13.0. The molecule has 1 unspecified atom stereocenters. The number of imide groups is 1. The topological polar surface area (TPSA) is 92.3 Å². The van der Waals surface area contributed by atoms with Crippen LogP contribution in [0.4, 0.5) is 5.13 Å². The fourth-order valence-electron chi connectivity index (χ4n) is 3.06. The zero-order valence-electron chi connectivity index (χ0n) is 15.3. The number of carbonyl (C=O) groups is 3. The highest BCUT2D eigenvalue weighted by molar-refractivity contribution is 7.98. The van der Waals surface area contributed by atoms with Crippen LogP contribution in [0.15, 0.2) is 41.8 Å². The molecule has 0 spiro atoms. The summed E-state index contributed by atoms with van der Waals surface area (Å²) in [5, 5.41) is 13.9. The summed E-state index contributed by atoms with van der Waals surface area (Å²) >= 11 is 4.34. The fraction of sp³-hybridized carbons (Fsp3) is 0.211. The van der Waals surface area contributed by atoms with Crippen LogP contribution >= 0.6 is 34.4 Å². The molecule has 7 nitrogen and oxygen atoms in total. The minimum atomic E-state index is -0.913. The van der Waals surface area contributed by atoms with Gasteiger partial charge in [-0.1, -0.05) is 29.5 Å². The van der Waals surface area contributed by atoms with Crippen LogP contribution in [-0.4, -0.2) is 50.9 Å². The van der Waals surface area contributed by atoms with Gasteiger partial charge in [0.05, 0.1) is 16.0 Å². The van der Waals surface area contributed by atoms with Crippen LogP contribution in [0.2, 0.25) is 0 Å². The third kappa shape index (κ3) is 3.83. The van der Waals surface area contributed by atoms with E-state index in [1.165, 1.54) is 22.7 Å². The molecule has 0 saturated carbocycles. The summed E-state index contributed by atoms with van der Waals surface area (Å²) in [5.74, 6) is -0.698. The molecule has 0 saturated heterocycles. The minimum Gasteiger partial charge on any atom is -0.299 e. The minimum absolute atomic E-state index is 0.329. The van der Waals surface area contributed by atoms with Crippen molar-refractivity contribution in [3.05, 3.63) is 52.9 Å². The summed E-state index contributed by atoms with van der Waals surface area (Å²) in [6.45, 7) is 0. The Morgan fingerprint density at radius 1 is 1.14 bits per heavy atom. The monoisotopic (exact) mass is 444 g/mol. The number of rotatable bonds is 7. The predicted molar refractivity (Wildman–Crippen MR) is 116 cm³/mol. The van der Waals surface area contributed by atoms with Gasteiger partial charge in [0, 0.05) is 0 Å². The molecule has 1 aromatic carbocycles. The van der Waals surface area contributed by atoms with Crippen molar-refractivity contribution in [3.8, 4) is 9.88 Å². The van der Waals surface area contributed by atoms with E-state index in [0.717, 1.165) is 9.78 Å². The standard InChI is InChI=1S/C19H16N4O3S3/c1-27-10-8-13(23-17(25)11-5-2-3-6-12(11)18(23)26)15(24)20-19-22-21-16(29-19)14-7-4-9-28-14/h2-7,9,13H,8,10H2,1H3,(H,20,22,24). The van der Waals surface area contributed by atoms with Crippen molar-refractivity contribution in [2.45, 2.75) is 12.5 Å².